The maximum Gasteiger partial charge on any atom is 0.273 e. The lowest BCUT2D eigenvalue weighted by Crippen LogP contribution is -2.14. The second-order valence-electron chi connectivity index (χ2n) is 4.04. The summed E-state index contributed by atoms with van der Waals surface area (Å²) in [4.78, 5) is 16.1. The van der Waals surface area contributed by atoms with Gasteiger partial charge in [0.25, 0.3) is 5.56 Å². The number of nitrogens with zero attached hydrogens (tertiary/aromatic N) is 2. The molecule has 0 bridgehead atoms. The molecule has 0 fully saturated rings. The fourth-order valence-corrected chi connectivity index (χ4v) is 2.19. The number of nitrogens with one attached hydrogen (secondary N) is 1. The number of pyridine rings is 1. The third-order valence-electron chi connectivity index (χ3n) is 2.75. The van der Waals surface area contributed by atoms with Crippen molar-refractivity contribution in [3.63, 3.8) is 0 Å². The normalized spacial score (nSPS) is 10.6. The Labute approximate surface area is 123 Å². The van der Waals surface area contributed by atoms with E-state index in [1.807, 2.05) is 36.4 Å². The van der Waals surface area contributed by atoms with Gasteiger partial charge in [0.15, 0.2) is 5.82 Å². The topological polar surface area (TPSA) is 50.7 Å². The predicted molar refractivity (Wildman–Crippen MR) is 82.3 cm³/mol. The van der Waals surface area contributed by atoms with E-state index in [-0.39, 0.29) is 5.56 Å². The summed E-state index contributed by atoms with van der Waals surface area (Å²) in [6.45, 7) is 0. The maximum absolute atomic E-state index is 12.0. The van der Waals surface area contributed by atoms with E-state index in [2.05, 4.69) is 32.7 Å². The lowest BCUT2D eigenvalue weighted by molar-refractivity contribution is 0.822. The first-order valence-electron chi connectivity index (χ1n) is 5.73. The summed E-state index contributed by atoms with van der Waals surface area (Å²) >= 11 is 2.25. The van der Waals surface area contributed by atoms with E-state index in [0.717, 1.165) is 14.8 Å². The van der Waals surface area contributed by atoms with E-state index in [0.29, 0.717) is 5.82 Å². The van der Waals surface area contributed by atoms with Gasteiger partial charge in [-0.1, -0.05) is 18.2 Å². The molecular weight excluding hydrogens is 353 g/mol. The fourth-order valence-electron chi connectivity index (χ4n) is 1.83. The second kappa shape index (κ2) is 5.00. The first-order valence-corrected chi connectivity index (χ1v) is 6.81. The number of halogens is 1. The number of benzene rings is 1. The monoisotopic (exact) mass is 363 g/mol. The van der Waals surface area contributed by atoms with Crippen molar-refractivity contribution in [2.24, 2.45) is 0 Å². The highest BCUT2D eigenvalue weighted by Gasteiger charge is 2.07. The first-order chi connectivity index (χ1) is 9.24. The van der Waals surface area contributed by atoms with Crippen LogP contribution in [0.2, 0.25) is 0 Å². The Bertz CT molecular complexity index is 744. The third kappa shape index (κ3) is 2.46. The van der Waals surface area contributed by atoms with Crippen LogP contribution in [0.25, 0.3) is 17.1 Å². The van der Waals surface area contributed by atoms with Gasteiger partial charge in [0.05, 0.1) is 5.69 Å². The Morgan fingerprint density at radius 1 is 1.11 bits per heavy atom. The van der Waals surface area contributed by atoms with Crippen LogP contribution in [0.1, 0.15) is 0 Å². The largest absolute Gasteiger partial charge is 0.289 e. The molecule has 0 unspecified atom stereocenters. The van der Waals surface area contributed by atoms with Crippen molar-refractivity contribution in [2.45, 2.75) is 0 Å². The number of hydrogen-bond donors (Lipinski definition) is 1. The van der Waals surface area contributed by atoms with Crippen LogP contribution in [0.3, 0.4) is 0 Å². The van der Waals surface area contributed by atoms with Gasteiger partial charge >= 0.3 is 0 Å². The Balaban J connectivity index is 2.07. The minimum atomic E-state index is -0.118. The smallest absolute Gasteiger partial charge is 0.273 e. The van der Waals surface area contributed by atoms with Gasteiger partial charge < -0.3 is 0 Å². The van der Waals surface area contributed by atoms with Crippen LogP contribution in [0.5, 0.6) is 0 Å². The van der Waals surface area contributed by atoms with Crippen LogP contribution in [-0.4, -0.2) is 14.8 Å². The molecule has 0 radical (unpaired) electrons. The van der Waals surface area contributed by atoms with Gasteiger partial charge in [0.2, 0.25) is 0 Å². The van der Waals surface area contributed by atoms with Crippen molar-refractivity contribution < 1.29 is 0 Å². The molecule has 1 aromatic carbocycles. The van der Waals surface area contributed by atoms with Crippen LogP contribution in [-0.2, 0) is 0 Å². The summed E-state index contributed by atoms with van der Waals surface area (Å²) in [5, 5.41) is 3.07. The minimum absolute atomic E-state index is 0.118. The van der Waals surface area contributed by atoms with Gasteiger partial charge in [-0.15, -0.1) is 0 Å². The molecular formula is C14H10IN3O. The number of H-pyrrole nitrogens is 1. The summed E-state index contributed by atoms with van der Waals surface area (Å²) in [6.07, 6.45) is 1.66. The Morgan fingerprint density at radius 2 is 1.89 bits per heavy atom. The van der Waals surface area contributed by atoms with Gasteiger partial charge in [-0.3, -0.25) is 9.89 Å². The Kier molecular flexibility index (Phi) is 3.20. The van der Waals surface area contributed by atoms with Crippen molar-refractivity contribution in [2.75, 3.05) is 0 Å². The average molecular weight is 363 g/mol. The zero-order valence-corrected chi connectivity index (χ0v) is 12.0. The molecule has 5 heteroatoms. The molecule has 19 heavy (non-hydrogen) atoms. The van der Waals surface area contributed by atoms with E-state index in [4.69, 9.17) is 0 Å². The zero-order chi connectivity index (χ0) is 13.2. The first kappa shape index (κ1) is 12.2. The van der Waals surface area contributed by atoms with Crippen LogP contribution in [0.15, 0.2) is 59.5 Å². The molecule has 0 aliphatic heterocycles. The predicted octanol–water partition coefficient (Wildman–Crippen LogP) is 2.83. The number of hydrogen-bond acceptors (Lipinski definition) is 2. The molecule has 94 valence electrons. The lowest BCUT2D eigenvalue weighted by Gasteiger charge is -2.01. The molecule has 1 N–H and O–H groups in total. The molecule has 2 aromatic heterocycles. The molecule has 0 saturated carbocycles. The highest BCUT2D eigenvalue weighted by molar-refractivity contribution is 14.1. The van der Waals surface area contributed by atoms with Crippen molar-refractivity contribution in [1.82, 2.24) is 14.8 Å². The molecule has 4 nitrogen and oxygen atoms in total. The van der Waals surface area contributed by atoms with Crippen molar-refractivity contribution in [3.05, 3.63) is 68.7 Å². The summed E-state index contributed by atoms with van der Waals surface area (Å²) in [6, 6.07) is 15.0. The highest BCUT2D eigenvalue weighted by Crippen LogP contribution is 2.17. The Hall–Kier alpha value is -1.89. The SMILES string of the molecule is O=c1cc(-c2ccc(I)cc2)[nH]n1-c1ccccn1. The third-order valence-corrected chi connectivity index (χ3v) is 3.47. The van der Waals surface area contributed by atoms with Gasteiger partial charge in [0.1, 0.15) is 0 Å². The quantitative estimate of drug-likeness (QED) is 0.712. The molecule has 0 saturated heterocycles. The second-order valence-corrected chi connectivity index (χ2v) is 5.28. The van der Waals surface area contributed by atoms with Crippen LogP contribution < -0.4 is 5.56 Å². The summed E-state index contributed by atoms with van der Waals surface area (Å²) < 4.78 is 2.60. The lowest BCUT2D eigenvalue weighted by atomic mass is 10.2. The van der Waals surface area contributed by atoms with E-state index in [1.54, 1.807) is 18.3 Å². The number of aromatic amines is 1. The fraction of sp³-hybridized carbons (Fsp3) is 0. The molecule has 0 amide bonds. The number of rotatable bonds is 2. The van der Waals surface area contributed by atoms with E-state index in [9.17, 15) is 4.79 Å². The molecule has 0 aliphatic carbocycles. The molecule has 3 aromatic rings. The van der Waals surface area contributed by atoms with Crippen LogP contribution in [0.4, 0.5) is 0 Å². The maximum atomic E-state index is 12.0. The Morgan fingerprint density at radius 3 is 2.58 bits per heavy atom. The van der Waals surface area contributed by atoms with E-state index in [1.165, 1.54) is 4.68 Å². The van der Waals surface area contributed by atoms with Gasteiger partial charge in [-0.05, 0) is 52.4 Å². The van der Waals surface area contributed by atoms with Crippen LogP contribution in [0, 0.1) is 3.57 Å². The van der Waals surface area contributed by atoms with Gasteiger partial charge in [0, 0.05) is 15.8 Å². The van der Waals surface area contributed by atoms with Gasteiger partial charge in [-0.2, -0.15) is 0 Å². The standard InChI is InChI=1S/C14H10IN3O/c15-11-6-4-10(5-7-11)12-9-14(19)18(17-12)13-3-1-2-8-16-13/h1-9,17H. The van der Waals surface area contributed by atoms with Crippen molar-refractivity contribution in [3.8, 4) is 17.1 Å². The average Bonchev–Trinajstić information content (AvgIpc) is 2.83. The zero-order valence-electron chi connectivity index (χ0n) is 9.88. The minimum Gasteiger partial charge on any atom is -0.289 e. The molecule has 2 heterocycles. The summed E-state index contributed by atoms with van der Waals surface area (Å²) in [7, 11) is 0. The van der Waals surface area contributed by atoms with Crippen molar-refractivity contribution >= 4 is 22.6 Å². The van der Waals surface area contributed by atoms with Crippen molar-refractivity contribution in [1.29, 1.82) is 0 Å². The van der Waals surface area contributed by atoms with E-state index >= 15 is 0 Å². The highest BCUT2D eigenvalue weighted by atomic mass is 127. The summed E-state index contributed by atoms with van der Waals surface area (Å²) in [5.74, 6) is 0.587. The molecule has 3 rings (SSSR count). The van der Waals surface area contributed by atoms with Gasteiger partial charge in [-0.25, -0.2) is 9.67 Å². The molecule has 0 atom stereocenters. The van der Waals surface area contributed by atoms with E-state index < -0.39 is 0 Å². The summed E-state index contributed by atoms with van der Waals surface area (Å²) in [5.41, 5.74) is 1.64. The molecule has 0 spiro atoms. The molecule has 0 aliphatic rings. The number of aromatic nitrogens is 3. The van der Waals surface area contributed by atoms with Crippen LogP contribution >= 0.6 is 22.6 Å².